The number of esters is 1. The van der Waals surface area contributed by atoms with Gasteiger partial charge in [-0.25, -0.2) is 9.48 Å². The third-order valence-corrected chi connectivity index (χ3v) is 6.45. The summed E-state index contributed by atoms with van der Waals surface area (Å²) in [5.74, 6) is -0.127. The fraction of sp³-hybridized carbons (Fsp3) is 0.500. The molecule has 0 bridgehead atoms. The van der Waals surface area contributed by atoms with Gasteiger partial charge in [0.25, 0.3) is 5.91 Å². The van der Waals surface area contributed by atoms with Gasteiger partial charge in [0.15, 0.2) is 6.61 Å². The van der Waals surface area contributed by atoms with Crippen LogP contribution in [0.2, 0.25) is 5.15 Å². The Balaban J connectivity index is 1.43. The summed E-state index contributed by atoms with van der Waals surface area (Å²) in [7, 11) is 0. The van der Waals surface area contributed by atoms with Gasteiger partial charge in [-0.2, -0.15) is 5.10 Å². The monoisotopic (exact) mass is 415 g/mol. The van der Waals surface area contributed by atoms with Crippen molar-refractivity contribution in [1.29, 1.82) is 0 Å². The second kappa shape index (κ2) is 8.57. The van der Waals surface area contributed by atoms with E-state index < -0.39 is 5.97 Å². The quantitative estimate of drug-likeness (QED) is 0.703. The number of hydrogen-bond acceptors (Lipinski definition) is 4. The molecule has 1 saturated carbocycles. The van der Waals surface area contributed by atoms with Gasteiger partial charge in [0.2, 0.25) is 0 Å². The maximum Gasteiger partial charge on any atom is 0.343 e. The Labute approximate surface area is 175 Å². The third-order valence-electron chi connectivity index (χ3n) is 6.10. The summed E-state index contributed by atoms with van der Waals surface area (Å²) in [6.45, 7) is 2.21. The molecule has 4 rings (SSSR count). The number of nitrogens with zero attached hydrogens (tertiary/aromatic N) is 3. The van der Waals surface area contributed by atoms with Crippen molar-refractivity contribution in [2.75, 3.05) is 13.2 Å². The van der Waals surface area contributed by atoms with Crippen molar-refractivity contribution < 1.29 is 14.3 Å². The first kappa shape index (κ1) is 20.0. The molecular weight excluding hydrogens is 390 g/mol. The predicted molar refractivity (Wildman–Crippen MR) is 110 cm³/mol. The highest BCUT2D eigenvalue weighted by atomic mass is 35.5. The van der Waals surface area contributed by atoms with Crippen molar-refractivity contribution in [1.82, 2.24) is 14.7 Å². The molecule has 2 aliphatic rings. The molecule has 2 heterocycles. The molecule has 6 nitrogen and oxygen atoms in total. The zero-order valence-corrected chi connectivity index (χ0v) is 17.4. The number of aryl methyl sites for hydroxylation is 1. The number of fused-ring (bicyclic) bond motifs is 1. The average molecular weight is 416 g/mol. The summed E-state index contributed by atoms with van der Waals surface area (Å²) in [4.78, 5) is 27.4. The van der Waals surface area contributed by atoms with Gasteiger partial charge in [0, 0.05) is 12.6 Å². The normalized spacial score (nSPS) is 21.5. The molecule has 1 aromatic heterocycles. The molecular formula is C22H26ClN3O3. The molecule has 1 saturated heterocycles. The maximum atomic E-state index is 12.8. The minimum Gasteiger partial charge on any atom is -0.452 e. The summed E-state index contributed by atoms with van der Waals surface area (Å²) in [6, 6.07) is 9.65. The molecule has 0 radical (unpaired) electrons. The topological polar surface area (TPSA) is 64.4 Å². The summed E-state index contributed by atoms with van der Waals surface area (Å²) >= 11 is 6.42. The van der Waals surface area contributed by atoms with Gasteiger partial charge >= 0.3 is 5.97 Å². The summed E-state index contributed by atoms with van der Waals surface area (Å²) in [6.07, 6.45) is 6.89. The Morgan fingerprint density at radius 1 is 1.14 bits per heavy atom. The molecule has 0 N–H and O–H groups in total. The van der Waals surface area contributed by atoms with E-state index in [1.54, 1.807) is 6.92 Å². The Morgan fingerprint density at radius 2 is 1.86 bits per heavy atom. The Morgan fingerprint density at radius 3 is 2.66 bits per heavy atom. The van der Waals surface area contributed by atoms with Crippen LogP contribution in [0.4, 0.5) is 0 Å². The van der Waals surface area contributed by atoms with E-state index in [1.165, 1.54) is 23.9 Å². The smallest absolute Gasteiger partial charge is 0.343 e. The number of ether oxygens (including phenoxy) is 1. The zero-order valence-electron chi connectivity index (χ0n) is 16.6. The third kappa shape index (κ3) is 4.04. The fourth-order valence-electron chi connectivity index (χ4n) is 4.69. The van der Waals surface area contributed by atoms with Crippen molar-refractivity contribution in [3.05, 3.63) is 46.7 Å². The Hall–Kier alpha value is -2.34. The highest BCUT2D eigenvalue weighted by molar-refractivity contribution is 6.33. The predicted octanol–water partition coefficient (Wildman–Crippen LogP) is 4.17. The number of piperidine rings is 1. The molecule has 1 aliphatic carbocycles. The van der Waals surface area contributed by atoms with E-state index in [1.807, 2.05) is 35.2 Å². The number of halogens is 1. The van der Waals surface area contributed by atoms with Crippen LogP contribution in [0, 0.1) is 12.8 Å². The first-order valence-corrected chi connectivity index (χ1v) is 10.7. The van der Waals surface area contributed by atoms with Crippen LogP contribution in [-0.4, -0.2) is 45.8 Å². The van der Waals surface area contributed by atoms with Crippen LogP contribution in [0.3, 0.4) is 0 Å². The Bertz CT molecular complexity index is 894. The van der Waals surface area contributed by atoms with Crippen molar-refractivity contribution in [3.8, 4) is 5.69 Å². The minimum atomic E-state index is -0.611. The highest BCUT2D eigenvalue weighted by Gasteiger charge is 2.36. The van der Waals surface area contributed by atoms with Crippen LogP contribution in [0.25, 0.3) is 5.69 Å². The zero-order chi connectivity index (χ0) is 20.4. The number of carbonyl (C=O) groups excluding carboxylic acids is 2. The molecule has 2 fully saturated rings. The van der Waals surface area contributed by atoms with Gasteiger partial charge in [0.1, 0.15) is 10.7 Å². The molecule has 0 spiro atoms. The van der Waals surface area contributed by atoms with Crippen LogP contribution in [0.5, 0.6) is 0 Å². The van der Waals surface area contributed by atoms with Gasteiger partial charge in [-0.05, 0) is 50.7 Å². The summed E-state index contributed by atoms with van der Waals surface area (Å²) in [5.41, 5.74) is 1.44. The van der Waals surface area contributed by atoms with E-state index in [9.17, 15) is 9.59 Å². The molecule has 2 atom stereocenters. The van der Waals surface area contributed by atoms with E-state index >= 15 is 0 Å². The number of aromatic nitrogens is 2. The molecule has 1 amide bonds. The first-order valence-electron chi connectivity index (χ1n) is 10.3. The van der Waals surface area contributed by atoms with Crippen LogP contribution in [0.15, 0.2) is 30.3 Å². The largest absolute Gasteiger partial charge is 0.452 e. The van der Waals surface area contributed by atoms with E-state index in [0.717, 1.165) is 31.5 Å². The van der Waals surface area contributed by atoms with E-state index in [0.29, 0.717) is 17.7 Å². The number of carbonyl (C=O) groups is 2. The van der Waals surface area contributed by atoms with Gasteiger partial charge < -0.3 is 9.64 Å². The lowest BCUT2D eigenvalue weighted by Gasteiger charge is -2.44. The van der Waals surface area contributed by atoms with Crippen molar-refractivity contribution >= 4 is 23.5 Å². The van der Waals surface area contributed by atoms with Crippen molar-refractivity contribution in [2.24, 2.45) is 5.92 Å². The molecule has 2 aromatic rings. The highest BCUT2D eigenvalue weighted by Crippen LogP contribution is 2.35. The number of hydrogen-bond donors (Lipinski definition) is 0. The van der Waals surface area contributed by atoms with E-state index in [4.69, 9.17) is 16.3 Å². The molecule has 0 unspecified atom stereocenters. The number of likely N-dealkylation sites (tertiary alicyclic amines) is 1. The number of para-hydroxylation sites is 1. The van der Waals surface area contributed by atoms with E-state index in [2.05, 4.69) is 5.10 Å². The number of rotatable bonds is 4. The van der Waals surface area contributed by atoms with E-state index in [-0.39, 0.29) is 23.2 Å². The Kier molecular flexibility index (Phi) is 5.90. The van der Waals surface area contributed by atoms with Crippen molar-refractivity contribution in [2.45, 2.75) is 51.5 Å². The number of benzene rings is 1. The lowest BCUT2D eigenvalue weighted by Crippen LogP contribution is -2.50. The summed E-state index contributed by atoms with van der Waals surface area (Å²) in [5, 5.41) is 4.55. The fourth-order valence-corrected chi connectivity index (χ4v) is 5.04. The lowest BCUT2D eigenvalue weighted by atomic mass is 9.78. The summed E-state index contributed by atoms with van der Waals surface area (Å²) < 4.78 is 6.87. The second-order valence-corrected chi connectivity index (χ2v) is 8.27. The molecule has 29 heavy (non-hydrogen) atoms. The van der Waals surface area contributed by atoms with Gasteiger partial charge in [-0.15, -0.1) is 0 Å². The SMILES string of the molecule is Cc1nn(-c2ccccc2)c(Cl)c1C(=O)OCC(=O)N1CCC[C@H]2CCCC[C@@H]21. The molecule has 1 aromatic carbocycles. The van der Waals surface area contributed by atoms with Crippen LogP contribution >= 0.6 is 11.6 Å². The van der Waals surface area contributed by atoms with Crippen LogP contribution < -0.4 is 0 Å². The molecule has 7 heteroatoms. The van der Waals surface area contributed by atoms with Crippen LogP contribution in [0.1, 0.15) is 54.6 Å². The van der Waals surface area contributed by atoms with Gasteiger partial charge in [0.05, 0.1) is 11.4 Å². The maximum absolute atomic E-state index is 12.8. The average Bonchev–Trinajstić information content (AvgIpc) is 3.06. The molecule has 154 valence electrons. The van der Waals surface area contributed by atoms with Crippen molar-refractivity contribution in [3.63, 3.8) is 0 Å². The molecule has 1 aliphatic heterocycles. The number of amides is 1. The second-order valence-electron chi connectivity index (χ2n) is 7.92. The minimum absolute atomic E-state index is 0.112. The lowest BCUT2D eigenvalue weighted by molar-refractivity contribution is -0.140. The van der Waals surface area contributed by atoms with Gasteiger partial charge in [-0.3, -0.25) is 4.79 Å². The van der Waals surface area contributed by atoms with Crippen LogP contribution in [-0.2, 0) is 9.53 Å². The standard InChI is InChI=1S/C22H26ClN3O3/c1-15-20(21(23)26(24-15)17-10-3-2-4-11-17)22(28)29-14-19(27)25-13-7-9-16-8-5-6-12-18(16)25/h2-4,10-11,16,18H,5-9,12-14H2,1H3/t16-,18+/m1/s1. The van der Waals surface area contributed by atoms with Gasteiger partial charge in [-0.1, -0.05) is 42.6 Å². The first-order chi connectivity index (χ1) is 14.1.